The maximum absolute atomic E-state index is 10.8. The number of rotatable bonds is 7. The Morgan fingerprint density at radius 2 is 1.94 bits per heavy atom. The Bertz CT molecular complexity index is 352. The van der Waals surface area contributed by atoms with E-state index in [1.165, 1.54) is 37.7 Å². The number of hydrogen-bond donors (Lipinski definition) is 0. The highest BCUT2D eigenvalue weighted by Crippen LogP contribution is 2.29. The fourth-order valence-corrected chi connectivity index (χ4v) is 2.17. The molecule has 0 aliphatic heterocycles. The van der Waals surface area contributed by atoms with Crippen LogP contribution in [0.1, 0.15) is 68.8 Å². The molecule has 1 aromatic rings. The molecule has 0 radical (unpaired) electrons. The Labute approximate surface area is 105 Å². The summed E-state index contributed by atoms with van der Waals surface area (Å²) in [6.07, 6.45) is 7.30. The summed E-state index contributed by atoms with van der Waals surface area (Å²) in [5.41, 5.74) is 2.23. The number of carbonyl (C=O) groups excluding carboxylic acids is 1. The van der Waals surface area contributed by atoms with Gasteiger partial charge in [0.15, 0.2) is 0 Å². The summed E-state index contributed by atoms with van der Waals surface area (Å²) < 4.78 is 0. The second-order valence-corrected chi connectivity index (χ2v) is 5.44. The molecular weight excluding hydrogens is 208 g/mol. The average molecular weight is 232 g/mol. The van der Waals surface area contributed by atoms with Crippen LogP contribution in [0.2, 0.25) is 0 Å². The van der Waals surface area contributed by atoms with Crippen molar-refractivity contribution >= 4 is 6.29 Å². The zero-order chi connectivity index (χ0) is 12.7. The summed E-state index contributed by atoms with van der Waals surface area (Å²) in [6.45, 7) is 6.77. The van der Waals surface area contributed by atoms with Gasteiger partial charge < -0.3 is 0 Å². The van der Waals surface area contributed by atoms with Crippen LogP contribution < -0.4 is 0 Å². The van der Waals surface area contributed by atoms with Crippen LogP contribution in [-0.2, 0) is 5.41 Å². The van der Waals surface area contributed by atoms with Gasteiger partial charge in [-0.3, -0.25) is 4.79 Å². The van der Waals surface area contributed by atoms with E-state index in [-0.39, 0.29) is 5.41 Å². The van der Waals surface area contributed by atoms with Crippen LogP contribution >= 0.6 is 0 Å². The molecule has 0 aliphatic rings. The number of carbonyl (C=O) groups is 1. The monoisotopic (exact) mass is 232 g/mol. The molecule has 1 heteroatoms. The number of benzene rings is 1. The maximum atomic E-state index is 10.8. The SMILES string of the molecule is CCCCCCC(C)(C)c1cccc(C=O)c1. The van der Waals surface area contributed by atoms with E-state index in [1.807, 2.05) is 18.2 Å². The smallest absolute Gasteiger partial charge is 0.150 e. The lowest BCUT2D eigenvalue weighted by atomic mass is 9.79. The van der Waals surface area contributed by atoms with Crippen LogP contribution in [-0.4, -0.2) is 6.29 Å². The summed E-state index contributed by atoms with van der Waals surface area (Å²) in [6, 6.07) is 8.00. The van der Waals surface area contributed by atoms with Crippen molar-refractivity contribution in [2.24, 2.45) is 0 Å². The van der Waals surface area contributed by atoms with Crippen molar-refractivity contribution in [3.8, 4) is 0 Å². The second-order valence-electron chi connectivity index (χ2n) is 5.44. The molecule has 1 nitrogen and oxygen atoms in total. The molecular formula is C16H24O. The standard InChI is InChI=1S/C16H24O/c1-4-5-6-7-11-16(2,3)15-10-8-9-14(12-15)13-17/h8-10,12-13H,4-7,11H2,1-3H3. The third kappa shape index (κ3) is 4.33. The lowest BCUT2D eigenvalue weighted by molar-refractivity contribution is 0.112. The molecule has 0 N–H and O–H groups in total. The van der Waals surface area contributed by atoms with Crippen molar-refractivity contribution in [1.29, 1.82) is 0 Å². The highest BCUT2D eigenvalue weighted by atomic mass is 16.1. The first-order valence-electron chi connectivity index (χ1n) is 6.66. The van der Waals surface area contributed by atoms with Gasteiger partial charge in [-0.25, -0.2) is 0 Å². The van der Waals surface area contributed by atoms with Crippen molar-refractivity contribution in [2.75, 3.05) is 0 Å². The number of unbranched alkanes of at least 4 members (excludes halogenated alkanes) is 3. The van der Waals surface area contributed by atoms with E-state index in [9.17, 15) is 4.79 Å². The van der Waals surface area contributed by atoms with E-state index >= 15 is 0 Å². The van der Waals surface area contributed by atoms with E-state index in [0.29, 0.717) is 0 Å². The molecule has 1 aromatic carbocycles. The van der Waals surface area contributed by atoms with Gasteiger partial charge in [0.25, 0.3) is 0 Å². The molecule has 0 atom stereocenters. The Morgan fingerprint density at radius 1 is 1.18 bits per heavy atom. The summed E-state index contributed by atoms with van der Waals surface area (Å²) in [4.78, 5) is 10.8. The summed E-state index contributed by atoms with van der Waals surface area (Å²) in [5, 5.41) is 0. The van der Waals surface area contributed by atoms with Gasteiger partial charge in [0.05, 0.1) is 0 Å². The Hall–Kier alpha value is -1.11. The molecule has 0 amide bonds. The third-order valence-electron chi connectivity index (χ3n) is 3.46. The van der Waals surface area contributed by atoms with E-state index in [2.05, 4.69) is 26.8 Å². The van der Waals surface area contributed by atoms with Crippen molar-refractivity contribution < 1.29 is 4.79 Å². The van der Waals surface area contributed by atoms with Gasteiger partial charge >= 0.3 is 0 Å². The second kappa shape index (κ2) is 6.58. The normalized spacial score (nSPS) is 11.5. The quantitative estimate of drug-likeness (QED) is 0.490. The highest BCUT2D eigenvalue weighted by Gasteiger charge is 2.19. The van der Waals surface area contributed by atoms with E-state index in [4.69, 9.17) is 0 Å². The maximum Gasteiger partial charge on any atom is 0.150 e. The van der Waals surface area contributed by atoms with E-state index < -0.39 is 0 Å². The van der Waals surface area contributed by atoms with Gasteiger partial charge in [0, 0.05) is 5.56 Å². The first-order valence-corrected chi connectivity index (χ1v) is 6.66. The molecule has 0 heterocycles. The molecule has 94 valence electrons. The van der Waals surface area contributed by atoms with Gasteiger partial charge in [-0.1, -0.05) is 64.7 Å². The van der Waals surface area contributed by atoms with E-state index in [1.54, 1.807) is 0 Å². The van der Waals surface area contributed by atoms with Crippen LogP contribution in [0.3, 0.4) is 0 Å². The van der Waals surface area contributed by atoms with Gasteiger partial charge in [-0.2, -0.15) is 0 Å². The molecule has 0 aliphatic carbocycles. The van der Waals surface area contributed by atoms with E-state index in [0.717, 1.165) is 11.8 Å². The predicted molar refractivity (Wildman–Crippen MR) is 73.6 cm³/mol. The topological polar surface area (TPSA) is 17.1 Å². The zero-order valence-electron chi connectivity index (χ0n) is 11.3. The van der Waals surface area contributed by atoms with Gasteiger partial charge in [-0.05, 0) is 23.5 Å². The first-order chi connectivity index (χ1) is 8.10. The zero-order valence-corrected chi connectivity index (χ0v) is 11.3. The number of hydrogen-bond acceptors (Lipinski definition) is 1. The molecule has 0 saturated carbocycles. The van der Waals surface area contributed by atoms with Gasteiger partial charge in [0.1, 0.15) is 6.29 Å². The summed E-state index contributed by atoms with van der Waals surface area (Å²) >= 11 is 0. The van der Waals surface area contributed by atoms with Crippen molar-refractivity contribution in [1.82, 2.24) is 0 Å². The summed E-state index contributed by atoms with van der Waals surface area (Å²) in [7, 11) is 0. The lowest BCUT2D eigenvalue weighted by Crippen LogP contribution is -2.17. The highest BCUT2D eigenvalue weighted by molar-refractivity contribution is 5.75. The Kier molecular flexibility index (Phi) is 5.40. The van der Waals surface area contributed by atoms with Crippen molar-refractivity contribution in [2.45, 2.75) is 58.3 Å². The van der Waals surface area contributed by atoms with Crippen LogP contribution in [0, 0.1) is 0 Å². The Balaban J connectivity index is 2.64. The molecule has 0 bridgehead atoms. The van der Waals surface area contributed by atoms with Crippen LogP contribution in [0.4, 0.5) is 0 Å². The Morgan fingerprint density at radius 3 is 2.59 bits per heavy atom. The summed E-state index contributed by atoms with van der Waals surface area (Å²) in [5.74, 6) is 0. The minimum absolute atomic E-state index is 0.173. The molecule has 0 unspecified atom stereocenters. The van der Waals surface area contributed by atoms with Crippen LogP contribution in [0.5, 0.6) is 0 Å². The number of aldehydes is 1. The van der Waals surface area contributed by atoms with Gasteiger partial charge in [0.2, 0.25) is 0 Å². The fraction of sp³-hybridized carbons (Fsp3) is 0.562. The third-order valence-corrected chi connectivity index (χ3v) is 3.46. The largest absolute Gasteiger partial charge is 0.298 e. The van der Waals surface area contributed by atoms with Crippen molar-refractivity contribution in [3.63, 3.8) is 0 Å². The van der Waals surface area contributed by atoms with Crippen LogP contribution in [0.25, 0.3) is 0 Å². The van der Waals surface area contributed by atoms with Gasteiger partial charge in [-0.15, -0.1) is 0 Å². The van der Waals surface area contributed by atoms with Crippen LogP contribution in [0.15, 0.2) is 24.3 Å². The fourth-order valence-electron chi connectivity index (χ4n) is 2.17. The van der Waals surface area contributed by atoms with Crippen molar-refractivity contribution in [3.05, 3.63) is 35.4 Å². The lowest BCUT2D eigenvalue weighted by Gasteiger charge is -2.25. The molecule has 17 heavy (non-hydrogen) atoms. The molecule has 0 spiro atoms. The predicted octanol–water partition coefficient (Wildman–Crippen LogP) is 4.75. The first kappa shape index (κ1) is 14.0. The molecule has 0 fully saturated rings. The minimum Gasteiger partial charge on any atom is -0.298 e. The molecule has 0 aromatic heterocycles. The minimum atomic E-state index is 0.173. The molecule has 0 saturated heterocycles. The average Bonchev–Trinajstić information content (AvgIpc) is 2.35. The molecule has 1 rings (SSSR count).